The topological polar surface area (TPSA) is 72.8 Å². The third kappa shape index (κ3) is 3.33. The van der Waals surface area contributed by atoms with Crippen LogP contribution in [-0.2, 0) is 11.3 Å². The van der Waals surface area contributed by atoms with Crippen molar-refractivity contribution in [2.24, 2.45) is 16.6 Å². The number of aliphatic imine (C=N–C) groups is 1. The predicted molar refractivity (Wildman–Crippen MR) is 91.5 cm³/mol. The van der Waals surface area contributed by atoms with Crippen LogP contribution in [0.4, 0.5) is 0 Å². The summed E-state index contributed by atoms with van der Waals surface area (Å²) in [4.78, 5) is 20.4. The van der Waals surface area contributed by atoms with Crippen molar-refractivity contribution in [1.29, 1.82) is 0 Å². The first-order valence-corrected chi connectivity index (χ1v) is 8.04. The van der Waals surface area contributed by atoms with Crippen molar-refractivity contribution in [2.75, 3.05) is 0 Å². The number of nitrogens with zero attached hydrogens (tertiary/aromatic N) is 3. The molecular weight excluding hydrogens is 288 g/mol. The van der Waals surface area contributed by atoms with E-state index in [9.17, 15) is 4.79 Å². The number of hydrogen-bond acceptors (Lipinski definition) is 4. The minimum Gasteiger partial charge on any atom is -0.404 e. The van der Waals surface area contributed by atoms with Gasteiger partial charge in [-0.05, 0) is 29.9 Å². The molecule has 0 radical (unpaired) electrons. The average molecular weight is 310 g/mol. The van der Waals surface area contributed by atoms with Gasteiger partial charge in [-0.1, -0.05) is 19.9 Å². The molecule has 2 aromatic heterocycles. The fraction of sp³-hybridized carbons (Fsp3) is 0.389. The van der Waals surface area contributed by atoms with Crippen LogP contribution in [0.5, 0.6) is 0 Å². The first-order valence-electron chi connectivity index (χ1n) is 8.04. The Balaban J connectivity index is 1.72. The van der Waals surface area contributed by atoms with E-state index in [0.717, 1.165) is 17.3 Å². The quantitative estimate of drug-likeness (QED) is 0.658. The van der Waals surface area contributed by atoms with Gasteiger partial charge in [-0.3, -0.25) is 9.79 Å². The maximum atomic E-state index is 11.6. The molecule has 0 aromatic carbocycles. The summed E-state index contributed by atoms with van der Waals surface area (Å²) in [7, 11) is 0. The summed E-state index contributed by atoms with van der Waals surface area (Å²) in [5.41, 5.74) is 9.08. The molecule has 2 heterocycles. The molecule has 1 aliphatic carbocycles. The molecule has 0 bridgehead atoms. The van der Waals surface area contributed by atoms with Gasteiger partial charge in [0.15, 0.2) is 5.78 Å². The van der Waals surface area contributed by atoms with Crippen LogP contribution >= 0.6 is 0 Å². The maximum Gasteiger partial charge on any atom is 0.165 e. The molecule has 3 rings (SSSR count). The normalized spacial score (nSPS) is 21.2. The summed E-state index contributed by atoms with van der Waals surface area (Å²) in [5, 5.41) is 0. The number of nitrogens with two attached hydrogens (primary N) is 1. The van der Waals surface area contributed by atoms with Gasteiger partial charge in [-0.25, -0.2) is 4.98 Å². The predicted octanol–water partition coefficient (Wildman–Crippen LogP) is 2.85. The van der Waals surface area contributed by atoms with E-state index in [1.54, 1.807) is 6.92 Å². The Morgan fingerprint density at radius 3 is 2.91 bits per heavy atom. The largest absolute Gasteiger partial charge is 0.404 e. The molecule has 0 amide bonds. The molecule has 120 valence electrons. The van der Waals surface area contributed by atoms with Gasteiger partial charge in [-0.15, -0.1) is 0 Å². The third-order valence-corrected chi connectivity index (χ3v) is 4.37. The summed E-state index contributed by atoms with van der Waals surface area (Å²) in [5.74, 6) is 1.48. The fourth-order valence-corrected chi connectivity index (χ4v) is 2.79. The second-order valence-corrected chi connectivity index (χ2v) is 6.15. The van der Waals surface area contributed by atoms with Crippen molar-refractivity contribution >= 4 is 17.6 Å². The Morgan fingerprint density at radius 2 is 2.26 bits per heavy atom. The molecule has 0 aliphatic heterocycles. The molecule has 2 aromatic rings. The lowest BCUT2D eigenvalue weighted by molar-refractivity contribution is -0.114. The van der Waals surface area contributed by atoms with E-state index in [-0.39, 0.29) is 5.78 Å². The Labute approximate surface area is 135 Å². The van der Waals surface area contributed by atoms with Gasteiger partial charge in [0.25, 0.3) is 0 Å². The van der Waals surface area contributed by atoms with Crippen LogP contribution in [0.1, 0.15) is 43.9 Å². The second-order valence-electron chi connectivity index (χ2n) is 6.15. The summed E-state index contributed by atoms with van der Waals surface area (Å²) >= 11 is 0. The Kier molecular flexibility index (Phi) is 4.28. The lowest BCUT2D eigenvalue weighted by Crippen LogP contribution is -2.04. The Hall–Kier alpha value is -2.43. The lowest BCUT2D eigenvalue weighted by Gasteiger charge is -1.99. The smallest absolute Gasteiger partial charge is 0.165 e. The highest BCUT2D eigenvalue weighted by Crippen LogP contribution is 2.46. The number of allylic oxidation sites excluding steroid dienone is 1. The molecule has 5 heteroatoms. The average Bonchev–Trinajstić information content (AvgIpc) is 3.15. The first kappa shape index (κ1) is 15.5. The highest BCUT2D eigenvalue weighted by Gasteiger charge is 2.34. The van der Waals surface area contributed by atoms with Crippen molar-refractivity contribution in [3.05, 3.63) is 47.6 Å². The molecule has 2 unspecified atom stereocenters. The summed E-state index contributed by atoms with van der Waals surface area (Å²) in [6.07, 6.45) is 8.70. The second kappa shape index (κ2) is 6.36. The summed E-state index contributed by atoms with van der Waals surface area (Å²) in [6, 6.07) is 4.22. The van der Waals surface area contributed by atoms with Crippen molar-refractivity contribution in [3.8, 4) is 0 Å². The zero-order valence-electron chi connectivity index (χ0n) is 13.6. The van der Waals surface area contributed by atoms with E-state index in [1.165, 1.54) is 24.4 Å². The summed E-state index contributed by atoms with van der Waals surface area (Å²) in [6.45, 7) is 4.52. The number of carbonyl (C=O) groups excluding carboxylic acids is 1. The number of Topliss-reactive ketones (excluding diaryl/α,β-unsaturated/α-hetero) is 1. The molecule has 2 N–H and O–H groups in total. The monoisotopic (exact) mass is 310 g/mol. The molecule has 23 heavy (non-hydrogen) atoms. The number of pyridine rings is 1. The van der Waals surface area contributed by atoms with E-state index in [1.807, 2.05) is 6.20 Å². The molecule has 0 spiro atoms. The number of ketones is 1. The van der Waals surface area contributed by atoms with Crippen LogP contribution in [0.2, 0.25) is 0 Å². The number of carbonyl (C=O) groups is 1. The van der Waals surface area contributed by atoms with Crippen molar-refractivity contribution in [3.63, 3.8) is 0 Å². The molecular formula is C18H22N4O. The van der Waals surface area contributed by atoms with Crippen LogP contribution in [0.15, 0.2) is 41.3 Å². The van der Waals surface area contributed by atoms with E-state index in [0.29, 0.717) is 24.5 Å². The van der Waals surface area contributed by atoms with Gasteiger partial charge < -0.3 is 10.1 Å². The highest BCUT2D eigenvalue weighted by atomic mass is 16.1. The minimum atomic E-state index is -0.00514. The van der Waals surface area contributed by atoms with Crippen LogP contribution in [0.25, 0.3) is 5.65 Å². The number of imidazole rings is 1. The Bertz CT molecular complexity index is 787. The van der Waals surface area contributed by atoms with Gasteiger partial charge in [-0.2, -0.15) is 0 Å². The molecule has 0 saturated heterocycles. The first-order chi connectivity index (χ1) is 11.1. The van der Waals surface area contributed by atoms with Crippen molar-refractivity contribution < 1.29 is 4.79 Å². The van der Waals surface area contributed by atoms with Crippen LogP contribution in [0.3, 0.4) is 0 Å². The van der Waals surface area contributed by atoms with Crippen LogP contribution in [-0.4, -0.2) is 21.4 Å². The van der Waals surface area contributed by atoms with Crippen LogP contribution < -0.4 is 5.73 Å². The molecule has 1 saturated carbocycles. The zero-order valence-corrected chi connectivity index (χ0v) is 13.6. The lowest BCUT2D eigenvalue weighted by atomic mass is 10.1. The molecule has 5 nitrogen and oxygen atoms in total. The number of rotatable bonds is 6. The van der Waals surface area contributed by atoms with Gasteiger partial charge in [0, 0.05) is 31.2 Å². The van der Waals surface area contributed by atoms with E-state index in [2.05, 4.69) is 39.6 Å². The maximum absolute atomic E-state index is 11.6. The number of fused-ring (bicyclic) bond motifs is 1. The minimum absolute atomic E-state index is 0.00514. The van der Waals surface area contributed by atoms with E-state index >= 15 is 0 Å². The molecule has 2 atom stereocenters. The Morgan fingerprint density at radius 1 is 1.48 bits per heavy atom. The fourth-order valence-electron chi connectivity index (χ4n) is 2.79. The molecule has 1 aliphatic rings. The standard InChI is InChI=1S/C18H22N4O/c1-3-17(23)14(7-19)8-20-9-15-11-22-10-13(16-6-12(16)2)4-5-18(22)21-15/h4-5,7-8,10-12,16H,3,6,9,19H2,1-2H3/b14-7+,20-8?. The summed E-state index contributed by atoms with van der Waals surface area (Å²) < 4.78 is 2.06. The van der Waals surface area contributed by atoms with Crippen molar-refractivity contribution in [2.45, 2.75) is 39.2 Å². The van der Waals surface area contributed by atoms with Gasteiger partial charge in [0.2, 0.25) is 0 Å². The molecule has 1 fully saturated rings. The van der Waals surface area contributed by atoms with E-state index in [4.69, 9.17) is 5.73 Å². The van der Waals surface area contributed by atoms with Gasteiger partial charge >= 0.3 is 0 Å². The zero-order chi connectivity index (χ0) is 16.4. The highest BCUT2D eigenvalue weighted by molar-refractivity contribution is 6.12. The van der Waals surface area contributed by atoms with Crippen molar-refractivity contribution in [1.82, 2.24) is 9.38 Å². The van der Waals surface area contributed by atoms with E-state index < -0.39 is 0 Å². The van der Waals surface area contributed by atoms with Crippen LogP contribution in [0, 0.1) is 5.92 Å². The van der Waals surface area contributed by atoms with Gasteiger partial charge in [0.1, 0.15) is 5.65 Å². The third-order valence-electron chi connectivity index (χ3n) is 4.37. The number of aromatic nitrogens is 2. The SMILES string of the molecule is CCC(=O)/C(C=NCc1cn2cc(C3CC3C)ccc2n1)=C/N. The van der Waals surface area contributed by atoms with Gasteiger partial charge in [0.05, 0.1) is 17.8 Å². The number of hydrogen-bond donors (Lipinski definition) is 1.